The smallest absolute Gasteiger partial charge is 0.337 e. The summed E-state index contributed by atoms with van der Waals surface area (Å²) in [5.74, 6) is -0.171. The number of aromatic nitrogens is 1. The molecule has 1 aromatic carbocycles. The first-order chi connectivity index (χ1) is 8.59. The van der Waals surface area contributed by atoms with Gasteiger partial charge < -0.3 is 9.67 Å². The zero-order valence-electron chi connectivity index (χ0n) is 10.9. The molecule has 0 atom stereocenters. The maximum atomic E-state index is 11.2. The number of aryl methyl sites for hydroxylation is 1. The molecule has 2 aromatic rings. The van der Waals surface area contributed by atoms with Crippen molar-refractivity contribution in [3.63, 3.8) is 0 Å². The minimum Gasteiger partial charge on any atom is -0.478 e. The number of hydrogen-bond donors (Lipinski definition) is 1. The molecule has 0 aliphatic rings. The van der Waals surface area contributed by atoms with Crippen LogP contribution in [0.2, 0.25) is 0 Å². The molecule has 96 valence electrons. The number of benzene rings is 1. The Morgan fingerprint density at radius 2 is 2.11 bits per heavy atom. The summed E-state index contributed by atoms with van der Waals surface area (Å²) in [6.07, 6.45) is 4.22. The van der Waals surface area contributed by atoms with Crippen LogP contribution in [-0.4, -0.2) is 15.6 Å². The highest BCUT2D eigenvalue weighted by Gasteiger charge is 2.11. The second-order valence-electron chi connectivity index (χ2n) is 5.09. The topological polar surface area (TPSA) is 42.2 Å². The molecule has 1 heterocycles. The van der Waals surface area contributed by atoms with E-state index in [2.05, 4.69) is 18.4 Å². The molecule has 18 heavy (non-hydrogen) atoms. The first-order valence-electron chi connectivity index (χ1n) is 6.40. The number of aromatic carboxylic acids is 1. The largest absolute Gasteiger partial charge is 0.478 e. The van der Waals surface area contributed by atoms with Gasteiger partial charge in [-0.2, -0.15) is 0 Å². The average molecular weight is 245 g/mol. The van der Waals surface area contributed by atoms with Crippen molar-refractivity contribution in [2.75, 3.05) is 0 Å². The normalized spacial score (nSPS) is 11.3. The van der Waals surface area contributed by atoms with Gasteiger partial charge in [0.2, 0.25) is 0 Å². The van der Waals surface area contributed by atoms with Gasteiger partial charge in [0.25, 0.3) is 0 Å². The molecule has 0 fully saturated rings. The van der Waals surface area contributed by atoms with Gasteiger partial charge in [-0.3, -0.25) is 0 Å². The number of carbonyl (C=O) groups is 1. The van der Waals surface area contributed by atoms with E-state index in [9.17, 15) is 9.90 Å². The molecule has 0 bridgehead atoms. The molecule has 0 saturated carbocycles. The fourth-order valence-electron chi connectivity index (χ4n) is 2.29. The van der Waals surface area contributed by atoms with E-state index in [1.165, 1.54) is 0 Å². The molecule has 0 aliphatic carbocycles. The molecule has 1 N–H and O–H groups in total. The van der Waals surface area contributed by atoms with E-state index in [4.69, 9.17) is 0 Å². The molecule has 3 heteroatoms. The Hall–Kier alpha value is -1.77. The fourth-order valence-corrected chi connectivity index (χ4v) is 2.29. The quantitative estimate of drug-likeness (QED) is 0.871. The Balaban J connectivity index is 2.30. The van der Waals surface area contributed by atoms with E-state index in [0.717, 1.165) is 30.3 Å². The summed E-state index contributed by atoms with van der Waals surface area (Å²) in [6, 6.07) is 7.41. The molecule has 3 nitrogen and oxygen atoms in total. The number of nitrogens with zero attached hydrogens (tertiary/aromatic N) is 1. The summed E-state index contributed by atoms with van der Waals surface area (Å²) in [6.45, 7) is 5.29. The number of para-hydroxylation sites is 1. The number of hydrogen-bond acceptors (Lipinski definition) is 1. The zero-order chi connectivity index (χ0) is 13.1. The van der Waals surface area contributed by atoms with E-state index in [1.807, 2.05) is 18.3 Å². The molecular weight excluding hydrogens is 226 g/mol. The molecule has 0 unspecified atom stereocenters. The van der Waals surface area contributed by atoms with Crippen LogP contribution in [0, 0.1) is 5.92 Å². The predicted octanol–water partition coefficient (Wildman–Crippen LogP) is 3.78. The lowest BCUT2D eigenvalue weighted by Crippen LogP contribution is -2.04. The average Bonchev–Trinajstić information content (AvgIpc) is 2.72. The van der Waals surface area contributed by atoms with Gasteiger partial charge in [-0.25, -0.2) is 4.79 Å². The van der Waals surface area contributed by atoms with Crippen molar-refractivity contribution in [1.29, 1.82) is 0 Å². The van der Waals surface area contributed by atoms with Crippen LogP contribution < -0.4 is 0 Å². The third-order valence-electron chi connectivity index (χ3n) is 3.20. The summed E-state index contributed by atoms with van der Waals surface area (Å²) in [7, 11) is 0. The first-order valence-corrected chi connectivity index (χ1v) is 6.40. The van der Waals surface area contributed by atoms with Crippen LogP contribution in [0.4, 0.5) is 0 Å². The van der Waals surface area contributed by atoms with Crippen LogP contribution in [0.1, 0.15) is 37.0 Å². The molecule has 0 aliphatic heterocycles. The van der Waals surface area contributed by atoms with Gasteiger partial charge in [-0.05, 0) is 30.9 Å². The van der Waals surface area contributed by atoms with Gasteiger partial charge in [0.05, 0.1) is 11.1 Å². The third-order valence-corrected chi connectivity index (χ3v) is 3.20. The first kappa shape index (κ1) is 12.7. The van der Waals surface area contributed by atoms with Crippen molar-refractivity contribution < 1.29 is 9.90 Å². The number of carboxylic acid groups (broad SMARTS) is 1. The van der Waals surface area contributed by atoms with Crippen LogP contribution in [-0.2, 0) is 6.54 Å². The van der Waals surface area contributed by atoms with Crippen LogP contribution >= 0.6 is 0 Å². The van der Waals surface area contributed by atoms with Crippen LogP contribution in [0.3, 0.4) is 0 Å². The van der Waals surface area contributed by atoms with Gasteiger partial charge in [0.1, 0.15) is 0 Å². The molecular formula is C15H19NO2. The monoisotopic (exact) mass is 245 g/mol. The lowest BCUT2D eigenvalue weighted by molar-refractivity contribution is 0.0698. The predicted molar refractivity (Wildman–Crippen MR) is 73.0 cm³/mol. The minimum absolute atomic E-state index is 0.391. The Morgan fingerprint density at radius 3 is 2.78 bits per heavy atom. The lowest BCUT2D eigenvalue weighted by Gasteiger charge is -2.09. The third kappa shape index (κ3) is 2.55. The summed E-state index contributed by atoms with van der Waals surface area (Å²) in [4.78, 5) is 11.2. The molecule has 0 saturated heterocycles. The molecule has 0 amide bonds. The van der Waals surface area contributed by atoms with Gasteiger partial charge in [-0.15, -0.1) is 0 Å². The Morgan fingerprint density at radius 1 is 1.33 bits per heavy atom. The zero-order valence-corrected chi connectivity index (χ0v) is 10.9. The number of fused-ring (bicyclic) bond motifs is 1. The SMILES string of the molecule is CC(C)CCCn1ccc2cccc(C(=O)O)c21. The van der Waals surface area contributed by atoms with Crippen LogP contribution in [0.15, 0.2) is 30.5 Å². The summed E-state index contributed by atoms with van der Waals surface area (Å²) in [5, 5.41) is 10.2. The summed E-state index contributed by atoms with van der Waals surface area (Å²) in [5.41, 5.74) is 1.23. The number of rotatable bonds is 5. The van der Waals surface area contributed by atoms with E-state index in [-0.39, 0.29) is 0 Å². The highest BCUT2D eigenvalue weighted by Crippen LogP contribution is 2.21. The number of carboxylic acids is 1. The summed E-state index contributed by atoms with van der Waals surface area (Å²) >= 11 is 0. The van der Waals surface area contributed by atoms with Gasteiger partial charge in [0.15, 0.2) is 0 Å². The van der Waals surface area contributed by atoms with Gasteiger partial charge in [0, 0.05) is 18.1 Å². The molecule has 1 aromatic heterocycles. The molecule has 0 spiro atoms. The second kappa shape index (κ2) is 5.25. The fraction of sp³-hybridized carbons (Fsp3) is 0.400. The van der Waals surface area contributed by atoms with Crippen molar-refractivity contribution in [1.82, 2.24) is 4.57 Å². The van der Waals surface area contributed by atoms with Crippen molar-refractivity contribution in [3.8, 4) is 0 Å². The van der Waals surface area contributed by atoms with Crippen molar-refractivity contribution in [2.45, 2.75) is 33.2 Å². The van der Waals surface area contributed by atoms with E-state index >= 15 is 0 Å². The van der Waals surface area contributed by atoms with Gasteiger partial charge >= 0.3 is 5.97 Å². The van der Waals surface area contributed by atoms with E-state index in [1.54, 1.807) is 12.1 Å². The Labute approximate surface area is 107 Å². The van der Waals surface area contributed by atoms with E-state index in [0.29, 0.717) is 11.5 Å². The minimum atomic E-state index is -0.857. The van der Waals surface area contributed by atoms with E-state index < -0.39 is 5.97 Å². The highest BCUT2D eigenvalue weighted by atomic mass is 16.4. The second-order valence-corrected chi connectivity index (χ2v) is 5.09. The Bertz CT molecular complexity index is 555. The molecule has 2 rings (SSSR count). The van der Waals surface area contributed by atoms with Crippen LogP contribution in [0.25, 0.3) is 10.9 Å². The standard InChI is InChI=1S/C15H19NO2/c1-11(2)5-4-9-16-10-8-12-6-3-7-13(14(12)16)15(17)18/h3,6-8,10-11H,4-5,9H2,1-2H3,(H,17,18). The summed E-state index contributed by atoms with van der Waals surface area (Å²) < 4.78 is 2.06. The van der Waals surface area contributed by atoms with Crippen molar-refractivity contribution in [3.05, 3.63) is 36.0 Å². The Kier molecular flexibility index (Phi) is 3.70. The maximum absolute atomic E-state index is 11.2. The van der Waals surface area contributed by atoms with Crippen LogP contribution in [0.5, 0.6) is 0 Å². The maximum Gasteiger partial charge on any atom is 0.337 e. The lowest BCUT2D eigenvalue weighted by atomic mass is 10.1. The highest BCUT2D eigenvalue weighted by molar-refractivity contribution is 6.02. The van der Waals surface area contributed by atoms with Crippen molar-refractivity contribution in [2.24, 2.45) is 5.92 Å². The van der Waals surface area contributed by atoms with Crippen molar-refractivity contribution >= 4 is 16.9 Å². The molecule has 0 radical (unpaired) electrons. The van der Waals surface area contributed by atoms with Gasteiger partial charge in [-0.1, -0.05) is 26.0 Å².